The molecular formula is C102H167P11. The van der Waals surface area contributed by atoms with Crippen LogP contribution in [0.2, 0.25) is 0 Å². The topological polar surface area (TPSA) is 0 Å². The van der Waals surface area contributed by atoms with Crippen molar-refractivity contribution < 1.29 is 0 Å². The molecule has 0 radical (unpaired) electrons. The second-order valence-corrected chi connectivity index (χ2v) is 39.3. The van der Waals surface area contributed by atoms with Crippen LogP contribution >= 0.6 is 102 Å². The predicted octanol–water partition coefficient (Wildman–Crippen LogP) is 30.6. The average Bonchev–Trinajstić information content (AvgIpc) is 1.51. The van der Waals surface area contributed by atoms with E-state index in [0.717, 1.165) is 11.8 Å². The molecule has 0 amide bonds. The Bertz CT molecular complexity index is 3460. The monoisotopic (exact) mass is 1730 g/mol. The summed E-state index contributed by atoms with van der Waals surface area (Å²) in [6, 6.07) is 47.5. The van der Waals surface area contributed by atoms with E-state index in [1.807, 2.05) is 11.1 Å². The first-order valence-corrected chi connectivity index (χ1v) is 53.3. The molecule has 0 aromatic heterocycles. The van der Waals surface area contributed by atoms with Gasteiger partial charge in [0, 0.05) is 17.3 Å². The number of benzene rings is 7. The third-order valence-corrected chi connectivity index (χ3v) is 29.0. The first-order chi connectivity index (χ1) is 53.8. The first kappa shape index (κ1) is 105. The molecule has 0 N–H and O–H groups in total. The second-order valence-electron chi connectivity index (χ2n) is 32.9. The van der Waals surface area contributed by atoms with Gasteiger partial charge in [-0.25, -0.2) is 0 Å². The van der Waals surface area contributed by atoms with Gasteiger partial charge in [0.25, 0.3) is 0 Å². The zero-order chi connectivity index (χ0) is 78.9. The van der Waals surface area contributed by atoms with Crippen LogP contribution < -0.4 is 0 Å². The summed E-state index contributed by atoms with van der Waals surface area (Å²) < 4.78 is 0. The van der Waals surface area contributed by atoms with Crippen molar-refractivity contribution in [2.24, 2.45) is 0 Å². The van der Waals surface area contributed by atoms with Crippen molar-refractivity contribution in [1.82, 2.24) is 0 Å². The van der Waals surface area contributed by atoms with Crippen molar-refractivity contribution >= 4 is 102 Å². The van der Waals surface area contributed by atoms with Gasteiger partial charge < -0.3 is 0 Å². The Morgan fingerprint density at radius 2 is 0.531 bits per heavy atom. The van der Waals surface area contributed by atoms with Crippen molar-refractivity contribution in [3.8, 4) is 11.1 Å². The number of fused-ring (bicyclic) bond motifs is 8. The van der Waals surface area contributed by atoms with Gasteiger partial charge in [-0.3, -0.25) is 0 Å². The van der Waals surface area contributed by atoms with Gasteiger partial charge in [-0.2, -0.15) is 0 Å². The number of hydrogen-bond acceptors (Lipinski definition) is 0. The number of hydrogen-bond donors (Lipinski definition) is 0. The van der Waals surface area contributed by atoms with E-state index < -0.39 is 0 Å². The molecule has 0 heterocycles. The molecule has 6 aliphatic rings. The van der Waals surface area contributed by atoms with Crippen LogP contribution in [0.1, 0.15) is 358 Å². The molecule has 13 rings (SSSR count). The van der Waals surface area contributed by atoms with Crippen molar-refractivity contribution in [3.63, 3.8) is 0 Å². The summed E-state index contributed by atoms with van der Waals surface area (Å²) in [5.41, 5.74) is 35.0. The summed E-state index contributed by atoms with van der Waals surface area (Å²) in [6.07, 6.45) is 61.6. The molecule has 0 spiro atoms. The Balaban J connectivity index is 0.000000299. The van der Waals surface area contributed by atoms with Gasteiger partial charge in [0.1, 0.15) is 0 Å². The minimum Gasteiger partial charge on any atom is -0.138 e. The highest BCUT2D eigenvalue weighted by molar-refractivity contribution is 7.18. The minimum absolute atomic E-state index is 0. The lowest BCUT2D eigenvalue weighted by atomic mass is 9.59. The molecule has 6 aliphatic carbocycles. The van der Waals surface area contributed by atoms with Crippen molar-refractivity contribution in [2.75, 3.05) is 67.8 Å². The van der Waals surface area contributed by atoms with Crippen LogP contribution in [0, 0.1) is 13.8 Å². The Kier molecular flexibility index (Phi) is 55.5. The van der Waals surface area contributed by atoms with E-state index in [-0.39, 0.29) is 27.7 Å². The van der Waals surface area contributed by atoms with E-state index in [1.54, 1.807) is 66.8 Å². The third-order valence-electron chi connectivity index (χ3n) is 24.5. The zero-order valence-electron chi connectivity index (χ0n) is 69.9. The molecule has 113 heavy (non-hydrogen) atoms. The Morgan fingerprint density at radius 1 is 0.283 bits per heavy atom. The second kappa shape index (κ2) is 59.9. The van der Waals surface area contributed by atoms with Crippen LogP contribution in [0.5, 0.6) is 0 Å². The van der Waals surface area contributed by atoms with Gasteiger partial charge in [0.2, 0.25) is 0 Å². The van der Waals surface area contributed by atoms with E-state index in [2.05, 4.69) is 258 Å². The summed E-state index contributed by atoms with van der Waals surface area (Å²) in [4.78, 5) is 0. The van der Waals surface area contributed by atoms with Crippen LogP contribution in [0.25, 0.3) is 11.1 Å². The molecule has 1 saturated carbocycles. The standard InChI is InChI=1S/C28H32P2.C23H32P2.C19H30P2.C16H28P2.C7H18P2.C6H15P.3CH4/c29-17-7-5-9-19-15-16-20(10-6-8-18-30)26-25(19)27-21-11-1-2-12-22(21)28(26)24-14-4-3-13-23(24)27;1-23(2)21-15-17(7-3-5-13-24)9-11-19(21)20-12-10-18(16-22(20)23)8-4-6-14-25;20-11-3-1-5-14-7-8-15(6-2-4-12-21)19-17-10-9-16(13-17)18(14)19;1-13-14(2)16(8-4-6-12-18)10-9-15(13)7-3-5-11-17;8-6-4-2-1-3-5-7-9;1-2-3-4-5-6-7;;;/h1-4,11-16,27-28H,5-10,17-18,29-30H2;9-12,15-16H,3-8,13-14,24-25H2,1-2H3;7-8,16-17H,1-6,9-13,20-21H2;9-10H,3-8,11-12,17-18H2,1-2H3;1-9H2;2-7H2,1H3;3*1H4. The highest BCUT2D eigenvalue weighted by Crippen LogP contribution is 2.59. The average molecular weight is 1730 g/mol. The zero-order valence-corrected chi connectivity index (χ0v) is 82.6. The number of rotatable bonds is 42. The smallest absolute Gasteiger partial charge is 0.0352 e. The molecule has 13 unspecified atom stereocenters. The quantitative estimate of drug-likeness (QED) is 0.0264. The maximum atomic E-state index is 2.89. The molecule has 7 aromatic rings. The van der Waals surface area contributed by atoms with E-state index in [4.69, 9.17) is 0 Å². The molecule has 1 fully saturated rings. The van der Waals surface area contributed by atoms with Gasteiger partial charge in [0.15, 0.2) is 0 Å². The molecule has 0 aliphatic heterocycles. The fourth-order valence-electron chi connectivity index (χ4n) is 18.2. The van der Waals surface area contributed by atoms with E-state index in [1.165, 1.54) is 343 Å². The summed E-state index contributed by atoms with van der Waals surface area (Å²) >= 11 is 0. The normalized spacial score (nSPS) is 15.3. The van der Waals surface area contributed by atoms with Gasteiger partial charge in [-0.15, -0.1) is 102 Å². The van der Waals surface area contributed by atoms with Gasteiger partial charge in [-0.1, -0.05) is 203 Å². The van der Waals surface area contributed by atoms with Gasteiger partial charge >= 0.3 is 0 Å². The van der Waals surface area contributed by atoms with Crippen LogP contribution in [0.4, 0.5) is 0 Å². The largest absolute Gasteiger partial charge is 0.138 e. The van der Waals surface area contributed by atoms with Crippen LogP contribution in [-0.2, 0) is 56.8 Å². The van der Waals surface area contributed by atoms with Crippen molar-refractivity contribution in [1.29, 1.82) is 0 Å². The Labute approximate surface area is 724 Å². The highest BCUT2D eigenvalue weighted by Gasteiger charge is 2.44. The maximum absolute atomic E-state index is 2.89. The summed E-state index contributed by atoms with van der Waals surface area (Å²) in [5.74, 6) is 2.64. The SMILES string of the molecule is C.C.C.CC1(C)c2cc(CCCCP)ccc2-c2ccc(CCCCP)cc21.CCCCCCP.Cc1c(CCCCP)ccc(CCCCP)c1C.PCCCCCCCP.PCCCCc1ccc(CCCCP)c2c1C1CCC2C1.PCCCCc1ccc(CCCCP)c2c1C1c3ccccc3C2c2ccccc21. The number of aryl methyl sites for hydroxylation is 8. The van der Waals surface area contributed by atoms with Crippen molar-refractivity contribution in [2.45, 2.75) is 317 Å². The van der Waals surface area contributed by atoms with Crippen molar-refractivity contribution in [3.05, 3.63) is 233 Å². The maximum Gasteiger partial charge on any atom is 0.0352 e. The molecule has 13 atom stereocenters. The predicted molar refractivity (Wildman–Crippen MR) is 558 cm³/mol. The fraction of sp³-hybridized carbons (Fsp3) is 0.588. The summed E-state index contributed by atoms with van der Waals surface area (Å²) in [6.45, 7) is 11.6. The van der Waals surface area contributed by atoms with Crippen LogP contribution in [-0.4, -0.2) is 67.8 Å². The molecule has 630 valence electrons. The Hall–Kier alpha value is -0.730. The van der Waals surface area contributed by atoms with Gasteiger partial charge in [-0.05, 0) is 408 Å². The number of unbranched alkanes of at least 4 members (excludes halogenated alkanes) is 15. The van der Waals surface area contributed by atoms with Crippen LogP contribution in [0.3, 0.4) is 0 Å². The molecule has 0 nitrogen and oxygen atoms in total. The summed E-state index contributed by atoms with van der Waals surface area (Å²) in [5, 5.41) is 0. The molecule has 11 heteroatoms. The van der Waals surface area contributed by atoms with E-state index >= 15 is 0 Å². The molecule has 0 saturated heterocycles. The minimum atomic E-state index is 0. The fourth-order valence-corrected chi connectivity index (χ4v) is 21.4. The lowest BCUT2D eigenvalue weighted by Gasteiger charge is -2.44. The Morgan fingerprint density at radius 3 is 0.823 bits per heavy atom. The molecule has 7 aromatic carbocycles. The molecular weight excluding hydrogens is 1570 g/mol. The first-order valence-electron chi connectivity index (χ1n) is 44.3. The third kappa shape index (κ3) is 31.5. The van der Waals surface area contributed by atoms with Crippen LogP contribution in [0.15, 0.2) is 121 Å². The highest BCUT2D eigenvalue weighted by atomic mass is 31.0. The lowest BCUT2D eigenvalue weighted by Crippen LogP contribution is -2.29. The van der Waals surface area contributed by atoms with E-state index in [0.29, 0.717) is 11.8 Å². The summed E-state index contributed by atoms with van der Waals surface area (Å²) in [7, 11) is 31.1. The molecule has 4 bridgehead atoms. The van der Waals surface area contributed by atoms with E-state index in [9.17, 15) is 0 Å². The van der Waals surface area contributed by atoms with Gasteiger partial charge in [0.05, 0.1) is 0 Å². The lowest BCUT2D eigenvalue weighted by molar-refractivity contribution is 0.656.